The van der Waals surface area contributed by atoms with Crippen LogP contribution in [0.5, 0.6) is 0 Å². The van der Waals surface area contributed by atoms with E-state index in [4.69, 9.17) is 0 Å². The van der Waals surface area contributed by atoms with Crippen molar-refractivity contribution in [3.8, 4) is 0 Å². The summed E-state index contributed by atoms with van der Waals surface area (Å²) in [5.74, 6) is 3.10. The molecule has 0 aliphatic heterocycles. The maximum atomic E-state index is 12.8. The summed E-state index contributed by atoms with van der Waals surface area (Å²) in [6.45, 7) is 6.35. The molecule has 2 aliphatic rings. The fourth-order valence-electron chi connectivity index (χ4n) is 5.59. The van der Waals surface area contributed by atoms with Crippen LogP contribution in [0.25, 0.3) is 0 Å². The van der Waals surface area contributed by atoms with Crippen LogP contribution in [0.3, 0.4) is 0 Å². The van der Waals surface area contributed by atoms with Gasteiger partial charge in [-0.25, -0.2) is 0 Å². The lowest BCUT2D eigenvalue weighted by atomic mass is 9.74. The zero-order valence-electron chi connectivity index (χ0n) is 18.7. The summed E-state index contributed by atoms with van der Waals surface area (Å²) in [7, 11) is 0. The van der Waals surface area contributed by atoms with Crippen LogP contribution in [0.15, 0.2) is 36.4 Å². The van der Waals surface area contributed by atoms with Gasteiger partial charge in [-0.3, -0.25) is 0 Å². The molecule has 0 aromatic heterocycles. The Labute approximate surface area is 181 Å². The highest BCUT2D eigenvalue weighted by molar-refractivity contribution is 5.27. The predicted octanol–water partition coefficient (Wildman–Crippen LogP) is 9.31. The Morgan fingerprint density at radius 3 is 1.73 bits per heavy atom. The van der Waals surface area contributed by atoms with Crippen LogP contribution in [-0.2, 0) is 6.18 Å². The minimum Gasteiger partial charge on any atom is -0.166 e. The fourth-order valence-corrected chi connectivity index (χ4v) is 5.59. The van der Waals surface area contributed by atoms with Gasteiger partial charge in [0.1, 0.15) is 0 Å². The van der Waals surface area contributed by atoms with E-state index in [0.29, 0.717) is 5.92 Å². The highest BCUT2D eigenvalue weighted by Crippen LogP contribution is 2.41. The lowest BCUT2D eigenvalue weighted by molar-refractivity contribution is -0.137. The number of halogens is 3. The monoisotopic (exact) mass is 420 g/mol. The van der Waals surface area contributed by atoms with Gasteiger partial charge in [0.25, 0.3) is 0 Å². The Balaban J connectivity index is 1.33. The molecule has 0 saturated heterocycles. The van der Waals surface area contributed by atoms with E-state index in [9.17, 15) is 13.2 Å². The highest BCUT2D eigenvalue weighted by Gasteiger charge is 2.31. The molecule has 1 aromatic carbocycles. The standard InChI is InChI=1S/C27H39F3/c1-3-20(2)4-5-21-6-8-22(9-7-21)10-11-23-12-14-24(15-13-23)25-16-18-26(19-17-25)27(28,29)30/h16-19,21-24H,2-15H2,1H3. The van der Waals surface area contributed by atoms with Crippen molar-refractivity contribution >= 4 is 0 Å². The number of rotatable bonds is 8. The maximum absolute atomic E-state index is 12.8. The molecule has 168 valence electrons. The number of hydrogen-bond acceptors (Lipinski definition) is 0. The SMILES string of the molecule is C=C(CC)CCC1CCC(CCC2CCC(c3ccc(C(F)(F)F)cc3)CC2)CC1. The Kier molecular flexibility index (Phi) is 8.48. The molecule has 0 radical (unpaired) electrons. The third-order valence-electron chi connectivity index (χ3n) is 7.91. The summed E-state index contributed by atoms with van der Waals surface area (Å²) in [6.07, 6.45) is 12.5. The molecule has 3 rings (SSSR count). The molecule has 1 aromatic rings. The Morgan fingerprint density at radius 1 is 0.800 bits per heavy atom. The average molecular weight is 421 g/mol. The van der Waals surface area contributed by atoms with Crippen LogP contribution in [0.1, 0.15) is 107 Å². The van der Waals surface area contributed by atoms with Crippen LogP contribution in [-0.4, -0.2) is 0 Å². The van der Waals surface area contributed by atoms with Gasteiger partial charge in [0.2, 0.25) is 0 Å². The van der Waals surface area contributed by atoms with E-state index in [1.54, 1.807) is 12.1 Å². The second-order valence-electron chi connectivity index (χ2n) is 9.94. The van der Waals surface area contributed by atoms with Crippen molar-refractivity contribution in [3.05, 3.63) is 47.5 Å². The van der Waals surface area contributed by atoms with Gasteiger partial charge in [-0.1, -0.05) is 69.7 Å². The number of allylic oxidation sites excluding steroid dienone is 1. The fraction of sp³-hybridized carbons (Fsp3) is 0.704. The molecule has 0 nitrogen and oxygen atoms in total. The van der Waals surface area contributed by atoms with Crippen molar-refractivity contribution in [1.82, 2.24) is 0 Å². The molecule has 0 atom stereocenters. The molecule has 2 fully saturated rings. The number of hydrogen-bond donors (Lipinski definition) is 0. The van der Waals surface area contributed by atoms with Gasteiger partial charge < -0.3 is 0 Å². The summed E-state index contributed by atoms with van der Waals surface area (Å²) in [4.78, 5) is 0. The van der Waals surface area contributed by atoms with E-state index in [1.807, 2.05) is 0 Å². The molecule has 0 bridgehead atoms. The van der Waals surface area contributed by atoms with Crippen LogP contribution >= 0.6 is 0 Å². The van der Waals surface area contributed by atoms with E-state index in [2.05, 4.69) is 13.5 Å². The third-order valence-corrected chi connectivity index (χ3v) is 7.91. The van der Waals surface area contributed by atoms with Gasteiger partial charge in [0.15, 0.2) is 0 Å². The summed E-state index contributed by atoms with van der Waals surface area (Å²) < 4.78 is 38.3. The first-order valence-corrected chi connectivity index (χ1v) is 12.2. The van der Waals surface area contributed by atoms with Crippen molar-refractivity contribution in [2.75, 3.05) is 0 Å². The first-order chi connectivity index (χ1) is 14.3. The maximum Gasteiger partial charge on any atom is 0.416 e. The molecule has 0 amide bonds. The van der Waals surface area contributed by atoms with E-state index in [0.717, 1.165) is 42.6 Å². The first kappa shape index (κ1) is 23.4. The summed E-state index contributed by atoms with van der Waals surface area (Å²) in [6, 6.07) is 5.88. The zero-order chi connectivity index (χ0) is 21.6. The Bertz CT molecular complexity index is 642. The van der Waals surface area contributed by atoms with Crippen molar-refractivity contribution in [2.45, 2.75) is 102 Å². The molecule has 0 heterocycles. The first-order valence-electron chi connectivity index (χ1n) is 12.2. The lowest BCUT2D eigenvalue weighted by Crippen LogP contribution is -2.18. The van der Waals surface area contributed by atoms with E-state index in [1.165, 1.54) is 81.9 Å². The van der Waals surface area contributed by atoms with Gasteiger partial charge in [-0.2, -0.15) is 13.2 Å². The van der Waals surface area contributed by atoms with Crippen LogP contribution < -0.4 is 0 Å². The molecular formula is C27H39F3. The zero-order valence-corrected chi connectivity index (χ0v) is 18.7. The van der Waals surface area contributed by atoms with Crippen molar-refractivity contribution in [1.29, 1.82) is 0 Å². The molecule has 0 unspecified atom stereocenters. The van der Waals surface area contributed by atoms with Gasteiger partial charge in [0, 0.05) is 0 Å². The van der Waals surface area contributed by atoms with Gasteiger partial charge in [0.05, 0.1) is 5.56 Å². The minimum absolute atomic E-state index is 0.442. The summed E-state index contributed by atoms with van der Waals surface area (Å²) in [5, 5.41) is 0. The second kappa shape index (κ2) is 10.9. The van der Waals surface area contributed by atoms with Crippen LogP contribution in [0, 0.1) is 17.8 Å². The topological polar surface area (TPSA) is 0 Å². The van der Waals surface area contributed by atoms with Crippen LogP contribution in [0.4, 0.5) is 13.2 Å². The molecule has 0 spiro atoms. The van der Waals surface area contributed by atoms with Crippen molar-refractivity contribution in [3.63, 3.8) is 0 Å². The molecule has 2 saturated carbocycles. The van der Waals surface area contributed by atoms with E-state index >= 15 is 0 Å². The number of benzene rings is 1. The normalized spacial score (nSPS) is 27.7. The van der Waals surface area contributed by atoms with Gasteiger partial charge in [-0.05, 0) is 86.3 Å². The summed E-state index contributed by atoms with van der Waals surface area (Å²) in [5.41, 5.74) is 1.96. The van der Waals surface area contributed by atoms with E-state index in [-0.39, 0.29) is 0 Å². The molecule has 30 heavy (non-hydrogen) atoms. The van der Waals surface area contributed by atoms with Crippen molar-refractivity contribution in [2.24, 2.45) is 17.8 Å². The Morgan fingerprint density at radius 2 is 1.27 bits per heavy atom. The Hall–Kier alpha value is -1.25. The molecule has 3 heteroatoms. The largest absolute Gasteiger partial charge is 0.416 e. The van der Waals surface area contributed by atoms with Crippen molar-refractivity contribution < 1.29 is 13.2 Å². The lowest BCUT2D eigenvalue weighted by Gasteiger charge is -2.32. The minimum atomic E-state index is -4.24. The van der Waals surface area contributed by atoms with E-state index < -0.39 is 11.7 Å². The average Bonchev–Trinajstić information content (AvgIpc) is 2.76. The highest BCUT2D eigenvalue weighted by atomic mass is 19.4. The third kappa shape index (κ3) is 6.89. The molecule has 0 N–H and O–H groups in total. The smallest absolute Gasteiger partial charge is 0.166 e. The van der Waals surface area contributed by atoms with Gasteiger partial charge >= 0.3 is 6.18 Å². The molecule has 2 aliphatic carbocycles. The van der Waals surface area contributed by atoms with Gasteiger partial charge in [-0.15, -0.1) is 0 Å². The molecular weight excluding hydrogens is 381 g/mol. The quantitative estimate of drug-likeness (QED) is 0.367. The predicted molar refractivity (Wildman–Crippen MR) is 119 cm³/mol. The van der Waals surface area contributed by atoms with Crippen LogP contribution in [0.2, 0.25) is 0 Å². The number of alkyl halides is 3. The summed E-state index contributed by atoms with van der Waals surface area (Å²) >= 11 is 0. The second-order valence-corrected chi connectivity index (χ2v) is 9.94.